The van der Waals surface area contributed by atoms with Gasteiger partial charge in [-0.1, -0.05) is 36.4 Å². The maximum atomic E-state index is 15.4. The molecule has 7 heterocycles. The molecule has 105 heavy (non-hydrogen) atoms. The summed E-state index contributed by atoms with van der Waals surface area (Å²) in [6.07, 6.45) is 5.31. The normalized spacial score (nSPS) is 22.7. The van der Waals surface area contributed by atoms with Crippen LogP contribution in [-0.4, -0.2) is 188 Å². The number of aromatic amines is 3. The first-order chi connectivity index (χ1) is 50.2. The molecule has 3 aliphatic rings. The minimum atomic E-state index is -2.07. The number of carboxylic acids is 1. The Morgan fingerprint density at radius 3 is 1.88 bits per heavy atom. The second kappa shape index (κ2) is 33.6. The van der Waals surface area contributed by atoms with E-state index in [0.717, 1.165) is 6.07 Å². The average molecular weight is 1450 g/mol. The van der Waals surface area contributed by atoms with Crippen LogP contribution in [0, 0.1) is 11.6 Å². The van der Waals surface area contributed by atoms with Crippen LogP contribution in [0.25, 0.3) is 27.5 Å². The minimum absolute atomic E-state index is 0.00734. The van der Waals surface area contributed by atoms with Gasteiger partial charge in [-0.2, -0.15) is 0 Å². The number of rotatable bonds is 13. The van der Waals surface area contributed by atoms with Crippen LogP contribution in [0.1, 0.15) is 92.9 Å². The molecule has 34 heteroatoms. The van der Waals surface area contributed by atoms with E-state index in [1.54, 1.807) is 37.4 Å². The summed E-state index contributed by atoms with van der Waals surface area (Å²) in [6.45, 7) is 3.38. The van der Waals surface area contributed by atoms with Gasteiger partial charge in [0.15, 0.2) is 0 Å². The number of phenolic OH excluding ortho intramolecular Hbond substituents is 1. The van der Waals surface area contributed by atoms with Crippen LogP contribution in [0.15, 0.2) is 116 Å². The molecule has 0 unspecified atom stereocenters. The number of halogens is 2. The molecule has 16 N–H and O–H groups in total. The Morgan fingerprint density at radius 1 is 0.686 bits per heavy atom. The van der Waals surface area contributed by atoms with Crippen molar-refractivity contribution >= 4 is 92.8 Å². The smallest absolute Gasteiger partial charge is 0.305 e. The average Bonchev–Trinajstić information content (AvgIpc) is 1.64. The molecule has 4 aromatic carbocycles. The highest BCUT2D eigenvalue weighted by atomic mass is 19.1. The second-order valence-corrected chi connectivity index (χ2v) is 26.1. The number of nitrogens with zero attached hydrogens (tertiary/aromatic N) is 5. The number of primary amides is 1. The molecule has 11 amide bonds. The van der Waals surface area contributed by atoms with Crippen LogP contribution in [-0.2, 0) is 96.1 Å². The zero-order valence-corrected chi connectivity index (χ0v) is 57.4. The van der Waals surface area contributed by atoms with Gasteiger partial charge in [0.2, 0.25) is 65.0 Å². The number of amides is 11. The Bertz CT molecular complexity index is 4560. The Balaban J connectivity index is 0.997. The van der Waals surface area contributed by atoms with E-state index in [1.165, 1.54) is 103 Å². The minimum Gasteiger partial charge on any atom is -0.508 e. The van der Waals surface area contributed by atoms with Gasteiger partial charge in [0.1, 0.15) is 71.3 Å². The van der Waals surface area contributed by atoms with Crippen molar-refractivity contribution in [2.45, 2.75) is 152 Å². The predicted molar refractivity (Wildman–Crippen MR) is 371 cm³/mol. The number of imidazole rings is 1. The van der Waals surface area contributed by atoms with Crippen LogP contribution in [0.4, 0.5) is 8.78 Å². The fraction of sp³-hybridized carbons (Fsp3) is 0.366. The molecule has 4 aromatic heterocycles. The summed E-state index contributed by atoms with van der Waals surface area (Å²) < 4.78 is 31.3. The van der Waals surface area contributed by atoms with Gasteiger partial charge < -0.3 is 83.6 Å². The van der Waals surface area contributed by atoms with Gasteiger partial charge in [0.25, 0.3) is 0 Å². The lowest BCUT2D eigenvalue weighted by Crippen LogP contribution is -2.64. The van der Waals surface area contributed by atoms with Crippen molar-refractivity contribution in [3.05, 3.63) is 161 Å². The van der Waals surface area contributed by atoms with E-state index < -0.39 is 169 Å². The molecule has 1 saturated heterocycles. The van der Waals surface area contributed by atoms with E-state index in [4.69, 9.17) is 5.73 Å². The Hall–Kier alpha value is -12.4. The SMILES string of the molecule is CC[C@@]12CCCN1C(=O)[C@H](Cc1ccc(O)cc1)NC(=O)[C@H](Cc1cnc[nH]1)NC(=O)[C@H](CC(=O)O)NC(=O)[C@H](Cc1c[nH]c3ccc(F)cc13)NC(=O)[C@H](Cc1c[nH]c3ccc(F)cc13)NC(=O)CNC(=O)[C@H](C)NC(=O)[C@@H](NC(C)=O)CCCc1cn(nn1)-c1ccc(cc1)C[C@@H](C(N)=O)NC2=O. The summed E-state index contributed by atoms with van der Waals surface area (Å²) >= 11 is 0. The van der Waals surface area contributed by atoms with Crippen molar-refractivity contribution in [3.8, 4) is 11.4 Å². The summed E-state index contributed by atoms with van der Waals surface area (Å²) in [5.74, 6) is -13.3. The molecule has 3 aliphatic heterocycles. The van der Waals surface area contributed by atoms with Crippen LogP contribution < -0.4 is 53.6 Å². The number of aryl methyl sites for hydroxylation is 1. The lowest BCUT2D eigenvalue weighted by atomic mass is 9.89. The van der Waals surface area contributed by atoms with Crippen LogP contribution in [0.2, 0.25) is 0 Å². The standard InChI is InChI=1S/C71H80F2N18O14/c1-4-71-21-6-22-90(71)69(104)59(24-40-11-17-48(93)18-12-40)86-67(102)57(29-46-33-75-36-79-46)84-68(103)58(30-61(95)96)85-66(101)56(26-42-32-77-52-20-14-44(73)28-50(42)52)83-65(100)55(25-41-31-76-51-19-13-43(72)27-49(41)51)82-60(94)34-78-63(98)37(2)80-64(99)53(81-38(3)92)8-5-7-45-35-91(89-88-45)47-15-9-39(10-16-47)23-54(62(74)97)87-70(71)105/h9-20,27-28,31-33,35-37,53-59,76-77,93H,4-8,21-26,29-30,34H2,1-3H3,(H2,74,97)(H,75,79)(H,78,98)(H,80,99)(H,81,92)(H,82,94)(H,83,100)(H,84,103)(H,85,101)(H,86,102)(H,87,105)(H,95,96)/t37-,53-,54-,55-,56-,57-,58-,59-,71-/m0/s1. The van der Waals surface area contributed by atoms with Crippen LogP contribution in [0.5, 0.6) is 5.75 Å². The molecule has 11 rings (SSSR count). The van der Waals surface area contributed by atoms with Gasteiger partial charge in [-0.3, -0.25) is 57.5 Å². The number of phenols is 1. The Morgan fingerprint density at radius 2 is 1.29 bits per heavy atom. The molecule has 552 valence electrons. The first kappa shape index (κ1) is 75.3. The summed E-state index contributed by atoms with van der Waals surface area (Å²) in [5.41, 5.74) is 7.92. The highest BCUT2D eigenvalue weighted by Crippen LogP contribution is 2.35. The van der Waals surface area contributed by atoms with Crippen molar-refractivity contribution < 1.29 is 76.5 Å². The number of carbonyl (C=O) groups is 12. The largest absolute Gasteiger partial charge is 0.508 e. The van der Waals surface area contributed by atoms with Crippen molar-refractivity contribution in [1.29, 1.82) is 0 Å². The second-order valence-electron chi connectivity index (χ2n) is 26.1. The third kappa shape index (κ3) is 19.0. The molecule has 4 bridgehead atoms. The number of carboxylic acid groups (broad SMARTS) is 1. The fourth-order valence-corrected chi connectivity index (χ4v) is 13.0. The molecule has 0 saturated carbocycles. The summed E-state index contributed by atoms with van der Waals surface area (Å²) in [6, 6.07) is 7.34. The van der Waals surface area contributed by atoms with Gasteiger partial charge in [0, 0.05) is 91.7 Å². The third-order valence-corrected chi connectivity index (χ3v) is 18.6. The first-order valence-electron chi connectivity index (χ1n) is 34.0. The zero-order valence-electron chi connectivity index (χ0n) is 57.4. The third-order valence-electron chi connectivity index (χ3n) is 18.6. The molecule has 9 atom stereocenters. The number of hydrogen-bond acceptors (Lipinski definition) is 16. The number of aromatic nitrogens is 7. The molecule has 0 spiro atoms. The van der Waals surface area contributed by atoms with E-state index in [2.05, 4.69) is 78.1 Å². The summed E-state index contributed by atoms with van der Waals surface area (Å²) in [5, 5.41) is 52.8. The molecular formula is C71H80F2N18O14. The number of nitrogens with two attached hydrogens (primary N) is 1. The fourth-order valence-electron chi connectivity index (χ4n) is 13.0. The van der Waals surface area contributed by atoms with Gasteiger partial charge >= 0.3 is 5.97 Å². The lowest BCUT2D eigenvalue weighted by Gasteiger charge is -2.39. The van der Waals surface area contributed by atoms with Crippen LogP contribution >= 0.6 is 0 Å². The van der Waals surface area contributed by atoms with Crippen molar-refractivity contribution in [3.63, 3.8) is 0 Å². The number of H-pyrrole nitrogens is 3. The van der Waals surface area contributed by atoms with E-state index >= 15 is 19.2 Å². The first-order valence-corrected chi connectivity index (χ1v) is 34.0. The zero-order chi connectivity index (χ0) is 75.2. The Kier molecular flexibility index (Phi) is 24.1. The van der Waals surface area contributed by atoms with Gasteiger partial charge in [-0.05, 0) is 128 Å². The maximum Gasteiger partial charge on any atom is 0.305 e. The highest BCUT2D eigenvalue weighted by Gasteiger charge is 2.51. The molecule has 1 fully saturated rings. The topological polar surface area (TPSA) is 474 Å². The number of hydrogen-bond donors (Lipinski definition) is 15. The maximum absolute atomic E-state index is 15.4. The molecule has 8 aromatic rings. The monoisotopic (exact) mass is 1450 g/mol. The molecule has 0 radical (unpaired) electrons. The number of benzene rings is 4. The number of aliphatic carboxylic acids is 1. The lowest BCUT2D eigenvalue weighted by molar-refractivity contribution is -0.148. The van der Waals surface area contributed by atoms with Crippen molar-refractivity contribution in [1.82, 2.24) is 87.7 Å². The number of fused-ring (bicyclic) bond motifs is 32. The Labute approximate surface area is 597 Å². The predicted octanol–water partition coefficient (Wildman–Crippen LogP) is 0.552. The molecule has 0 aliphatic carbocycles. The van der Waals surface area contributed by atoms with Crippen LogP contribution in [0.3, 0.4) is 0 Å². The number of carbonyl (C=O) groups excluding carboxylic acids is 11. The van der Waals surface area contributed by atoms with Gasteiger partial charge in [-0.15, -0.1) is 5.10 Å². The highest BCUT2D eigenvalue weighted by molar-refractivity contribution is 6.01. The summed E-state index contributed by atoms with van der Waals surface area (Å²) in [4.78, 5) is 184. The van der Waals surface area contributed by atoms with E-state index in [1.807, 2.05) is 0 Å². The van der Waals surface area contributed by atoms with Crippen molar-refractivity contribution in [2.75, 3.05) is 13.1 Å². The van der Waals surface area contributed by atoms with Gasteiger partial charge in [0.05, 0.1) is 36.9 Å². The number of aromatic hydroxyl groups is 1. The van der Waals surface area contributed by atoms with E-state index in [-0.39, 0.29) is 84.8 Å². The number of nitrogens with one attached hydrogen (secondary N) is 12. The quantitative estimate of drug-likeness (QED) is 0.0701. The van der Waals surface area contributed by atoms with E-state index in [0.29, 0.717) is 40.0 Å². The van der Waals surface area contributed by atoms with Gasteiger partial charge in [-0.25, -0.2) is 18.4 Å². The van der Waals surface area contributed by atoms with E-state index in [9.17, 15) is 57.4 Å². The molecular weight excluding hydrogens is 1370 g/mol. The summed E-state index contributed by atoms with van der Waals surface area (Å²) in [7, 11) is 0. The molecule has 32 nitrogen and oxygen atoms in total. The van der Waals surface area contributed by atoms with Crippen molar-refractivity contribution in [2.24, 2.45) is 5.73 Å².